The topological polar surface area (TPSA) is 140 Å². The van der Waals surface area contributed by atoms with E-state index in [1.165, 1.54) is 23.1 Å². The smallest absolute Gasteiger partial charge is 0.269 e. The third-order valence-corrected chi connectivity index (χ3v) is 9.88. The number of amides is 3. The van der Waals surface area contributed by atoms with Crippen molar-refractivity contribution in [1.82, 2.24) is 24.1 Å². The first kappa shape index (κ1) is 28.3. The van der Waals surface area contributed by atoms with Crippen molar-refractivity contribution in [3.05, 3.63) is 59.9 Å². The summed E-state index contributed by atoms with van der Waals surface area (Å²) in [5, 5.41) is 2.94. The van der Waals surface area contributed by atoms with Crippen LogP contribution in [-0.2, 0) is 36.1 Å². The van der Waals surface area contributed by atoms with E-state index in [1.807, 2.05) is 24.3 Å². The van der Waals surface area contributed by atoms with Crippen molar-refractivity contribution in [2.45, 2.75) is 48.8 Å². The van der Waals surface area contributed by atoms with Crippen molar-refractivity contribution in [1.29, 1.82) is 0 Å². The molecule has 1 N–H and O–H groups in total. The van der Waals surface area contributed by atoms with Gasteiger partial charge in [0.05, 0.1) is 28.8 Å². The highest BCUT2D eigenvalue weighted by atomic mass is 32.2. The number of sulfonamides is 1. The largest absolute Gasteiger partial charge is 0.376 e. The lowest BCUT2D eigenvalue weighted by molar-refractivity contribution is -0.143. The Labute approximate surface area is 243 Å². The van der Waals surface area contributed by atoms with E-state index in [1.54, 1.807) is 17.7 Å². The minimum atomic E-state index is -4.24. The molecule has 2 fully saturated rings. The number of benzene rings is 2. The van der Waals surface area contributed by atoms with Crippen LogP contribution in [0.4, 0.5) is 0 Å². The van der Waals surface area contributed by atoms with Gasteiger partial charge in [-0.05, 0) is 49.9 Å². The molecule has 0 bridgehead atoms. The summed E-state index contributed by atoms with van der Waals surface area (Å²) in [6.07, 6.45) is 2.68. The van der Waals surface area contributed by atoms with Gasteiger partial charge in [-0.1, -0.05) is 24.3 Å². The molecular weight excluding hydrogens is 562 g/mol. The molecule has 42 heavy (non-hydrogen) atoms. The Kier molecular flexibility index (Phi) is 7.73. The summed E-state index contributed by atoms with van der Waals surface area (Å²) in [6, 6.07) is 12.0. The summed E-state index contributed by atoms with van der Waals surface area (Å²) in [5.74, 6) is -1.65. The van der Waals surface area contributed by atoms with Gasteiger partial charge in [0.1, 0.15) is 17.3 Å². The first-order valence-corrected chi connectivity index (χ1v) is 15.6. The fourth-order valence-corrected chi connectivity index (χ4v) is 7.40. The van der Waals surface area contributed by atoms with E-state index in [-0.39, 0.29) is 35.8 Å². The molecule has 6 rings (SSSR count). The SMILES string of the molecule is Cn1c([C@H](C(=O)NC[C@H]2CCCO2)N(C[C@@H]2CCCO2)C(=O)CN2C(=O)c3ccccc3S2(=O)=O)nc2ccccc21. The highest BCUT2D eigenvalue weighted by molar-refractivity contribution is 7.90. The van der Waals surface area contributed by atoms with Crippen LogP contribution < -0.4 is 5.32 Å². The number of imidazole rings is 1. The minimum Gasteiger partial charge on any atom is -0.376 e. The second-order valence-electron chi connectivity index (χ2n) is 10.8. The molecule has 3 amide bonds. The van der Waals surface area contributed by atoms with Gasteiger partial charge in [0, 0.05) is 33.4 Å². The van der Waals surface area contributed by atoms with Crippen molar-refractivity contribution >= 4 is 38.8 Å². The van der Waals surface area contributed by atoms with Crippen LogP contribution in [0.15, 0.2) is 53.4 Å². The zero-order valence-corrected chi connectivity index (χ0v) is 24.1. The van der Waals surface area contributed by atoms with E-state index in [4.69, 9.17) is 14.5 Å². The molecule has 0 radical (unpaired) electrons. The summed E-state index contributed by atoms with van der Waals surface area (Å²) in [5.41, 5.74) is 1.42. The molecule has 3 atom stereocenters. The van der Waals surface area contributed by atoms with Crippen molar-refractivity contribution in [3.63, 3.8) is 0 Å². The van der Waals surface area contributed by atoms with E-state index in [9.17, 15) is 22.8 Å². The van der Waals surface area contributed by atoms with Crippen molar-refractivity contribution in [3.8, 4) is 0 Å². The van der Waals surface area contributed by atoms with Crippen LogP contribution in [0.1, 0.15) is 47.9 Å². The van der Waals surface area contributed by atoms with Crippen molar-refractivity contribution < 1.29 is 32.3 Å². The third-order valence-electron chi connectivity index (χ3n) is 8.09. The zero-order chi connectivity index (χ0) is 29.4. The molecular formula is C29H33N5O7S. The fourth-order valence-electron chi connectivity index (χ4n) is 5.88. The number of fused-ring (bicyclic) bond motifs is 2. The fraction of sp³-hybridized carbons (Fsp3) is 0.448. The van der Waals surface area contributed by atoms with Gasteiger partial charge in [-0.15, -0.1) is 0 Å². The van der Waals surface area contributed by atoms with Crippen LogP contribution in [-0.4, -0.2) is 90.0 Å². The number of hydrogen-bond donors (Lipinski definition) is 1. The Balaban J connectivity index is 1.37. The van der Waals surface area contributed by atoms with Gasteiger partial charge in [-0.2, -0.15) is 0 Å². The quantitative estimate of drug-likeness (QED) is 0.395. The van der Waals surface area contributed by atoms with E-state index in [0.29, 0.717) is 35.3 Å². The molecule has 12 nitrogen and oxygen atoms in total. The monoisotopic (exact) mass is 595 g/mol. The third kappa shape index (κ3) is 5.16. The lowest BCUT2D eigenvalue weighted by Gasteiger charge is -2.33. The summed E-state index contributed by atoms with van der Waals surface area (Å²) in [6.45, 7) is 0.662. The number of aromatic nitrogens is 2. The van der Waals surface area contributed by atoms with Crippen LogP contribution in [0.3, 0.4) is 0 Å². The van der Waals surface area contributed by atoms with E-state index >= 15 is 0 Å². The highest BCUT2D eigenvalue weighted by Crippen LogP contribution is 2.32. The van der Waals surface area contributed by atoms with Gasteiger partial charge in [0.15, 0.2) is 6.04 Å². The van der Waals surface area contributed by atoms with E-state index in [2.05, 4.69) is 5.32 Å². The molecule has 3 aliphatic rings. The predicted octanol–water partition coefficient (Wildman–Crippen LogP) is 1.76. The molecule has 222 valence electrons. The maximum absolute atomic E-state index is 14.1. The standard InChI is InChI=1S/C29H33N5O7S/c1-32-23-12-4-3-11-22(23)31-27(32)26(28(36)30-16-19-8-6-14-40-19)33(17-20-9-7-15-41-20)25(35)18-34-29(37)21-10-2-5-13-24(21)42(34,38)39/h2-5,10-13,19-20,26H,6-9,14-18H2,1H3,(H,30,36)/t19-,20+,26-/m1/s1. The molecule has 3 aliphatic heterocycles. The summed E-state index contributed by atoms with van der Waals surface area (Å²) < 4.78 is 40.4. The Morgan fingerprint density at radius 2 is 1.74 bits per heavy atom. The number of carbonyl (C=O) groups excluding carboxylic acids is 3. The first-order chi connectivity index (χ1) is 20.3. The lowest BCUT2D eigenvalue weighted by atomic mass is 10.1. The second-order valence-corrected chi connectivity index (χ2v) is 12.6. The Morgan fingerprint density at radius 1 is 1.05 bits per heavy atom. The molecule has 0 aliphatic carbocycles. The van der Waals surface area contributed by atoms with Gasteiger partial charge in [-0.3, -0.25) is 14.4 Å². The van der Waals surface area contributed by atoms with Crippen LogP contribution in [0.2, 0.25) is 0 Å². The Morgan fingerprint density at radius 3 is 2.43 bits per heavy atom. The normalized spacial score (nSPS) is 21.9. The molecule has 2 saturated heterocycles. The molecule has 4 heterocycles. The Bertz CT molecular complexity index is 1630. The molecule has 0 unspecified atom stereocenters. The van der Waals surface area contributed by atoms with Gasteiger partial charge >= 0.3 is 0 Å². The van der Waals surface area contributed by atoms with Crippen molar-refractivity contribution in [2.24, 2.45) is 7.05 Å². The summed E-state index contributed by atoms with van der Waals surface area (Å²) in [7, 11) is -2.48. The molecule has 3 aromatic rings. The highest BCUT2D eigenvalue weighted by Gasteiger charge is 2.45. The van der Waals surface area contributed by atoms with E-state index in [0.717, 1.165) is 24.8 Å². The molecule has 0 saturated carbocycles. The predicted molar refractivity (Wildman–Crippen MR) is 151 cm³/mol. The average Bonchev–Trinajstić information content (AvgIpc) is 3.79. The van der Waals surface area contributed by atoms with Crippen LogP contribution in [0, 0.1) is 0 Å². The number of rotatable bonds is 9. The summed E-state index contributed by atoms with van der Waals surface area (Å²) in [4.78, 5) is 47.2. The van der Waals surface area contributed by atoms with E-state index < -0.39 is 40.3 Å². The Hall–Kier alpha value is -3.81. The minimum absolute atomic E-state index is 0.0113. The van der Waals surface area contributed by atoms with Crippen LogP contribution in [0.5, 0.6) is 0 Å². The maximum atomic E-state index is 14.1. The van der Waals surface area contributed by atoms with Gasteiger partial charge < -0.3 is 24.3 Å². The molecule has 13 heteroatoms. The van der Waals surface area contributed by atoms with Crippen molar-refractivity contribution in [2.75, 3.05) is 32.8 Å². The lowest BCUT2D eigenvalue weighted by Crippen LogP contribution is -2.51. The number of carbonyl (C=O) groups is 3. The number of ether oxygens (including phenoxy) is 2. The number of para-hydroxylation sites is 2. The van der Waals surface area contributed by atoms with Gasteiger partial charge in [0.2, 0.25) is 5.91 Å². The maximum Gasteiger partial charge on any atom is 0.269 e. The molecule has 1 aromatic heterocycles. The zero-order valence-electron chi connectivity index (χ0n) is 23.3. The van der Waals surface area contributed by atoms with Gasteiger partial charge in [0.25, 0.3) is 21.8 Å². The summed E-state index contributed by atoms with van der Waals surface area (Å²) >= 11 is 0. The average molecular weight is 596 g/mol. The molecule has 2 aromatic carbocycles. The number of nitrogens with zero attached hydrogens (tertiary/aromatic N) is 4. The van der Waals surface area contributed by atoms with Gasteiger partial charge in [-0.25, -0.2) is 17.7 Å². The number of nitrogens with one attached hydrogen (secondary N) is 1. The first-order valence-electron chi connectivity index (χ1n) is 14.1. The second kappa shape index (κ2) is 11.5. The van der Waals surface area contributed by atoms with Crippen LogP contribution in [0.25, 0.3) is 11.0 Å². The van der Waals surface area contributed by atoms with Crippen LogP contribution >= 0.6 is 0 Å². The number of aryl methyl sites for hydroxylation is 1. The molecule has 0 spiro atoms. The number of hydrogen-bond acceptors (Lipinski definition) is 8.